The quantitative estimate of drug-likeness (QED) is 0.399. The van der Waals surface area contributed by atoms with E-state index >= 15 is 0 Å². The molecule has 3 nitrogen and oxygen atoms in total. The Balaban J connectivity index is 0.00000320. The third-order valence-corrected chi connectivity index (χ3v) is 5.73. The summed E-state index contributed by atoms with van der Waals surface area (Å²) in [6, 6.07) is 28.0. The van der Waals surface area contributed by atoms with Crippen molar-refractivity contribution in [3.05, 3.63) is 95.6 Å². The molecule has 0 heterocycles. The lowest BCUT2D eigenvalue weighted by Gasteiger charge is -2.28. The van der Waals surface area contributed by atoms with Crippen LogP contribution in [0.15, 0.2) is 78.9 Å². The fourth-order valence-electron chi connectivity index (χ4n) is 3.79. The number of nitrogens with zero attached hydrogens (tertiary/aromatic N) is 1. The monoisotopic (exact) mass is 425 g/mol. The standard InChI is InChI=1S/C26H31NO2.ClH/c1-20(23-15-16-25(28-3)26(19-23)29-4)27(2)18-17-24(21-11-7-5-8-12-21)22-13-9-6-10-14-22;/h5-16,19-20,24H,17-18H2,1-4H3;1H. The van der Waals surface area contributed by atoms with Crippen molar-refractivity contribution in [3.8, 4) is 11.5 Å². The summed E-state index contributed by atoms with van der Waals surface area (Å²) < 4.78 is 10.8. The van der Waals surface area contributed by atoms with E-state index < -0.39 is 0 Å². The van der Waals surface area contributed by atoms with Crippen molar-refractivity contribution in [2.24, 2.45) is 0 Å². The molecule has 160 valence electrons. The van der Waals surface area contributed by atoms with E-state index in [0.29, 0.717) is 5.92 Å². The molecule has 1 atom stereocenters. The Hall–Kier alpha value is -2.49. The van der Waals surface area contributed by atoms with Gasteiger partial charge in [-0.05, 0) is 55.8 Å². The van der Waals surface area contributed by atoms with Crippen LogP contribution in [0, 0.1) is 0 Å². The van der Waals surface area contributed by atoms with E-state index in [1.807, 2.05) is 6.07 Å². The zero-order chi connectivity index (χ0) is 20.6. The van der Waals surface area contributed by atoms with E-state index in [-0.39, 0.29) is 18.4 Å². The highest BCUT2D eigenvalue weighted by molar-refractivity contribution is 5.85. The van der Waals surface area contributed by atoms with Crippen molar-refractivity contribution in [2.75, 3.05) is 27.8 Å². The van der Waals surface area contributed by atoms with E-state index in [9.17, 15) is 0 Å². The average molecular weight is 426 g/mol. The molecule has 30 heavy (non-hydrogen) atoms. The van der Waals surface area contributed by atoms with Gasteiger partial charge in [0.2, 0.25) is 0 Å². The Morgan fingerprint density at radius 2 is 1.27 bits per heavy atom. The molecule has 0 aliphatic heterocycles. The van der Waals surface area contributed by atoms with Gasteiger partial charge in [0.05, 0.1) is 14.2 Å². The molecule has 4 heteroatoms. The molecule has 0 bridgehead atoms. The van der Waals surface area contributed by atoms with Gasteiger partial charge in [-0.2, -0.15) is 0 Å². The molecule has 3 aromatic carbocycles. The van der Waals surface area contributed by atoms with E-state index in [1.54, 1.807) is 14.2 Å². The summed E-state index contributed by atoms with van der Waals surface area (Å²) in [6.45, 7) is 3.23. The van der Waals surface area contributed by atoms with Gasteiger partial charge in [0, 0.05) is 12.0 Å². The van der Waals surface area contributed by atoms with Gasteiger partial charge < -0.3 is 9.47 Å². The van der Waals surface area contributed by atoms with Gasteiger partial charge in [-0.1, -0.05) is 66.7 Å². The average Bonchev–Trinajstić information content (AvgIpc) is 2.79. The molecule has 1 unspecified atom stereocenters. The van der Waals surface area contributed by atoms with Crippen LogP contribution in [0.25, 0.3) is 0 Å². The van der Waals surface area contributed by atoms with Crippen molar-refractivity contribution in [1.29, 1.82) is 0 Å². The minimum absolute atomic E-state index is 0. The summed E-state index contributed by atoms with van der Waals surface area (Å²) in [5.74, 6) is 1.92. The maximum Gasteiger partial charge on any atom is 0.161 e. The molecule has 0 radical (unpaired) electrons. The fourth-order valence-corrected chi connectivity index (χ4v) is 3.79. The van der Waals surface area contributed by atoms with Gasteiger partial charge in [0.1, 0.15) is 0 Å². The van der Waals surface area contributed by atoms with Crippen LogP contribution in [0.4, 0.5) is 0 Å². The second kappa shape index (κ2) is 11.6. The first-order valence-electron chi connectivity index (χ1n) is 10.2. The maximum absolute atomic E-state index is 5.48. The summed E-state index contributed by atoms with van der Waals surface area (Å²) in [7, 11) is 5.54. The Labute approximate surface area is 187 Å². The minimum atomic E-state index is 0. The number of benzene rings is 3. The van der Waals surface area contributed by atoms with E-state index in [4.69, 9.17) is 9.47 Å². The van der Waals surface area contributed by atoms with Gasteiger partial charge >= 0.3 is 0 Å². The second-order valence-electron chi connectivity index (χ2n) is 7.43. The van der Waals surface area contributed by atoms with Crippen LogP contribution >= 0.6 is 12.4 Å². The highest BCUT2D eigenvalue weighted by Crippen LogP contribution is 2.33. The first-order valence-corrected chi connectivity index (χ1v) is 10.2. The lowest BCUT2D eigenvalue weighted by atomic mass is 9.88. The molecule has 0 aromatic heterocycles. The zero-order valence-corrected chi connectivity index (χ0v) is 19.1. The zero-order valence-electron chi connectivity index (χ0n) is 18.2. The number of methoxy groups -OCH3 is 2. The molecule has 0 saturated heterocycles. The Morgan fingerprint density at radius 3 is 1.77 bits per heavy atom. The molecular weight excluding hydrogens is 394 g/mol. The first kappa shape index (κ1) is 23.8. The molecule has 0 spiro atoms. The molecule has 3 aromatic rings. The second-order valence-corrected chi connectivity index (χ2v) is 7.43. The number of hydrogen-bond donors (Lipinski definition) is 0. The molecule has 0 N–H and O–H groups in total. The van der Waals surface area contributed by atoms with Crippen molar-refractivity contribution < 1.29 is 9.47 Å². The van der Waals surface area contributed by atoms with Gasteiger partial charge in [0.15, 0.2) is 11.5 Å². The van der Waals surface area contributed by atoms with Crippen LogP contribution in [-0.4, -0.2) is 32.7 Å². The predicted molar refractivity (Wildman–Crippen MR) is 127 cm³/mol. The van der Waals surface area contributed by atoms with Crippen LogP contribution in [0.1, 0.15) is 42.0 Å². The third kappa shape index (κ3) is 5.78. The molecule has 0 fully saturated rings. The van der Waals surface area contributed by atoms with Gasteiger partial charge in [-0.25, -0.2) is 0 Å². The van der Waals surface area contributed by atoms with Crippen molar-refractivity contribution in [3.63, 3.8) is 0 Å². The topological polar surface area (TPSA) is 21.7 Å². The van der Waals surface area contributed by atoms with E-state index in [2.05, 4.69) is 91.7 Å². The number of rotatable bonds is 9. The first-order chi connectivity index (χ1) is 14.1. The highest BCUT2D eigenvalue weighted by Gasteiger charge is 2.18. The minimum Gasteiger partial charge on any atom is -0.493 e. The van der Waals surface area contributed by atoms with Crippen LogP contribution in [0.2, 0.25) is 0 Å². The SMILES string of the molecule is COc1ccc(C(C)N(C)CCC(c2ccccc2)c2ccccc2)cc1OC.Cl. The molecule has 3 rings (SSSR count). The Morgan fingerprint density at radius 1 is 0.733 bits per heavy atom. The van der Waals surface area contributed by atoms with Crippen LogP contribution in [0.3, 0.4) is 0 Å². The lowest BCUT2D eigenvalue weighted by Crippen LogP contribution is -2.25. The largest absolute Gasteiger partial charge is 0.493 e. The summed E-state index contributed by atoms with van der Waals surface area (Å²) in [5.41, 5.74) is 3.96. The normalized spacial score (nSPS) is 11.8. The van der Waals surface area contributed by atoms with Crippen LogP contribution in [0.5, 0.6) is 11.5 Å². The Kier molecular flexibility index (Phi) is 9.22. The number of hydrogen-bond acceptors (Lipinski definition) is 3. The van der Waals surface area contributed by atoms with Crippen molar-refractivity contribution >= 4 is 12.4 Å². The highest BCUT2D eigenvalue weighted by atomic mass is 35.5. The summed E-state index contributed by atoms with van der Waals surface area (Å²) in [4.78, 5) is 2.40. The van der Waals surface area contributed by atoms with E-state index in [0.717, 1.165) is 24.5 Å². The summed E-state index contributed by atoms with van der Waals surface area (Å²) >= 11 is 0. The van der Waals surface area contributed by atoms with Crippen LogP contribution in [-0.2, 0) is 0 Å². The molecule has 0 aliphatic rings. The fraction of sp³-hybridized carbons (Fsp3) is 0.308. The predicted octanol–water partition coefficient (Wildman–Crippen LogP) is 6.34. The van der Waals surface area contributed by atoms with Crippen molar-refractivity contribution in [1.82, 2.24) is 4.90 Å². The summed E-state index contributed by atoms with van der Waals surface area (Å²) in [5, 5.41) is 0. The molecule has 0 amide bonds. The molecule has 0 aliphatic carbocycles. The number of ether oxygens (including phenoxy) is 2. The maximum atomic E-state index is 5.48. The van der Waals surface area contributed by atoms with Gasteiger partial charge in [-0.15, -0.1) is 12.4 Å². The Bertz CT molecular complexity index is 847. The van der Waals surface area contributed by atoms with Crippen molar-refractivity contribution in [2.45, 2.75) is 25.3 Å². The van der Waals surface area contributed by atoms with Gasteiger partial charge in [0.25, 0.3) is 0 Å². The smallest absolute Gasteiger partial charge is 0.161 e. The van der Waals surface area contributed by atoms with E-state index in [1.165, 1.54) is 16.7 Å². The van der Waals surface area contributed by atoms with Gasteiger partial charge in [-0.3, -0.25) is 4.90 Å². The third-order valence-electron chi connectivity index (χ3n) is 5.73. The van der Waals surface area contributed by atoms with Crippen LogP contribution < -0.4 is 9.47 Å². The summed E-state index contributed by atoms with van der Waals surface area (Å²) in [6.07, 6.45) is 1.06. The molecular formula is C26H32ClNO2. The molecule has 0 saturated carbocycles. The lowest BCUT2D eigenvalue weighted by molar-refractivity contribution is 0.253. The number of halogens is 1.